The Hall–Kier alpha value is -1.26. The van der Waals surface area contributed by atoms with Crippen molar-refractivity contribution in [1.29, 1.82) is 0 Å². The molecule has 1 fully saturated rings. The molecule has 0 bridgehead atoms. The number of hydrogen-bond acceptors (Lipinski definition) is 2. The van der Waals surface area contributed by atoms with E-state index in [0.29, 0.717) is 12.0 Å². The molecule has 128 valence electrons. The number of aliphatic imine (C=N–C) groups is 1. The van der Waals surface area contributed by atoms with Gasteiger partial charge in [0, 0.05) is 33.2 Å². The first-order valence-corrected chi connectivity index (χ1v) is 8.73. The monoisotopic (exact) mass is 310 g/mol. The Morgan fingerprint density at radius 2 is 1.77 bits per heavy atom. The van der Waals surface area contributed by atoms with E-state index in [1.807, 2.05) is 30.7 Å². The molecular formula is C17H34N4O. The number of guanidine groups is 1. The number of carbonyl (C=O) groups excluding carboxylic acids is 1. The highest BCUT2D eigenvalue weighted by Crippen LogP contribution is 2.37. The van der Waals surface area contributed by atoms with E-state index in [1.54, 1.807) is 0 Å². The molecule has 1 amide bonds. The SMILES string of the molecule is CCNC(=NCC1(C)CCCC1)N(C)CC(=O)N(CC)CC. The van der Waals surface area contributed by atoms with Gasteiger partial charge in [0.05, 0.1) is 6.54 Å². The quantitative estimate of drug-likeness (QED) is 0.580. The van der Waals surface area contributed by atoms with E-state index in [4.69, 9.17) is 4.99 Å². The van der Waals surface area contributed by atoms with Gasteiger partial charge in [0.25, 0.3) is 0 Å². The molecule has 0 aromatic rings. The van der Waals surface area contributed by atoms with Gasteiger partial charge in [-0.05, 0) is 39.0 Å². The smallest absolute Gasteiger partial charge is 0.242 e. The topological polar surface area (TPSA) is 47.9 Å². The van der Waals surface area contributed by atoms with Gasteiger partial charge in [-0.1, -0.05) is 19.8 Å². The van der Waals surface area contributed by atoms with Crippen molar-refractivity contribution < 1.29 is 4.79 Å². The Labute approximate surface area is 136 Å². The van der Waals surface area contributed by atoms with E-state index in [9.17, 15) is 4.79 Å². The molecule has 0 aliphatic heterocycles. The molecule has 0 aromatic carbocycles. The van der Waals surface area contributed by atoms with Crippen molar-refractivity contribution in [2.45, 2.75) is 53.4 Å². The van der Waals surface area contributed by atoms with Crippen molar-refractivity contribution in [1.82, 2.24) is 15.1 Å². The average molecular weight is 310 g/mol. The van der Waals surface area contributed by atoms with Crippen LogP contribution in [0.5, 0.6) is 0 Å². The highest BCUT2D eigenvalue weighted by molar-refractivity contribution is 5.86. The van der Waals surface area contributed by atoms with Gasteiger partial charge < -0.3 is 15.1 Å². The van der Waals surface area contributed by atoms with E-state index in [2.05, 4.69) is 19.2 Å². The summed E-state index contributed by atoms with van der Waals surface area (Å²) in [6.07, 6.45) is 5.16. The predicted molar refractivity (Wildman–Crippen MR) is 93.1 cm³/mol. The summed E-state index contributed by atoms with van der Waals surface area (Å²) >= 11 is 0. The number of likely N-dealkylation sites (N-methyl/N-ethyl adjacent to an activating group) is 2. The van der Waals surface area contributed by atoms with Crippen LogP contribution in [0.1, 0.15) is 53.4 Å². The maximum atomic E-state index is 12.2. The molecule has 0 heterocycles. The van der Waals surface area contributed by atoms with Gasteiger partial charge >= 0.3 is 0 Å². The normalized spacial score (nSPS) is 17.4. The molecule has 5 nitrogen and oxygen atoms in total. The van der Waals surface area contributed by atoms with Gasteiger partial charge in [0.15, 0.2) is 5.96 Å². The third-order valence-electron chi connectivity index (χ3n) is 4.61. The minimum atomic E-state index is 0.158. The summed E-state index contributed by atoms with van der Waals surface area (Å²) in [5, 5.41) is 3.31. The Morgan fingerprint density at radius 1 is 1.18 bits per heavy atom. The molecule has 0 atom stereocenters. The minimum Gasteiger partial charge on any atom is -0.357 e. The number of rotatable bonds is 7. The van der Waals surface area contributed by atoms with E-state index in [-0.39, 0.29) is 5.91 Å². The summed E-state index contributed by atoms with van der Waals surface area (Å²) in [6.45, 7) is 12.0. The fourth-order valence-electron chi connectivity index (χ4n) is 3.08. The van der Waals surface area contributed by atoms with Crippen molar-refractivity contribution in [2.75, 3.05) is 39.8 Å². The fraction of sp³-hybridized carbons (Fsp3) is 0.882. The molecule has 0 radical (unpaired) electrons. The van der Waals surface area contributed by atoms with E-state index in [0.717, 1.165) is 32.1 Å². The van der Waals surface area contributed by atoms with Gasteiger partial charge in [0.2, 0.25) is 5.91 Å². The highest BCUT2D eigenvalue weighted by Gasteiger charge is 2.28. The van der Waals surface area contributed by atoms with Crippen molar-refractivity contribution >= 4 is 11.9 Å². The molecule has 0 aromatic heterocycles. The van der Waals surface area contributed by atoms with Crippen molar-refractivity contribution in [2.24, 2.45) is 10.4 Å². The lowest BCUT2D eigenvalue weighted by atomic mass is 9.89. The van der Waals surface area contributed by atoms with Crippen molar-refractivity contribution in [3.63, 3.8) is 0 Å². The van der Waals surface area contributed by atoms with Gasteiger partial charge in [-0.2, -0.15) is 0 Å². The lowest BCUT2D eigenvalue weighted by molar-refractivity contribution is -0.131. The highest BCUT2D eigenvalue weighted by atomic mass is 16.2. The summed E-state index contributed by atoms with van der Waals surface area (Å²) in [6, 6.07) is 0. The van der Waals surface area contributed by atoms with Crippen LogP contribution in [-0.4, -0.2) is 61.4 Å². The van der Waals surface area contributed by atoms with Gasteiger partial charge in [-0.3, -0.25) is 9.79 Å². The molecule has 0 saturated heterocycles. The third kappa shape index (κ3) is 5.50. The van der Waals surface area contributed by atoms with E-state index >= 15 is 0 Å². The molecule has 1 N–H and O–H groups in total. The first kappa shape index (κ1) is 18.8. The molecule has 0 spiro atoms. The molecular weight excluding hydrogens is 276 g/mol. The molecule has 5 heteroatoms. The Bertz CT molecular complexity index is 371. The lowest BCUT2D eigenvalue weighted by Crippen LogP contribution is -2.46. The average Bonchev–Trinajstić information content (AvgIpc) is 2.91. The fourth-order valence-corrected chi connectivity index (χ4v) is 3.08. The summed E-state index contributed by atoms with van der Waals surface area (Å²) in [5.74, 6) is 1.00. The van der Waals surface area contributed by atoms with Crippen LogP contribution in [0.25, 0.3) is 0 Å². The van der Waals surface area contributed by atoms with Crippen LogP contribution >= 0.6 is 0 Å². The number of hydrogen-bond donors (Lipinski definition) is 1. The number of carbonyl (C=O) groups is 1. The van der Waals surface area contributed by atoms with Crippen LogP contribution in [0.2, 0.25) is 0 Å². The van der Waals surface area contributed by atoms with E-state index < -0.39 is 0 Å². The summed E-state index contributed by atoms with van der Waals surface area (Å²) in [4.78, 5) is 20.8. The van der Waals surface area contributed by atoms with Crippen LogP contribution in [0.15, 0.2) is 4.99 Å². The lowest BCUT2D eigenvalue weighted by Gasteiger charge is -2.27. The zero-order chi connectivity index (χ0) is 16.6. The number of nitrogens with zero attached hydrogens (tertiary/aromatic N) is 3. The van der Waals surface area contributed by atoms with Crippen LogP contribution < -0.4 is 5.32 Å². The summed E-state index contributed by atoms with van der Waals surface area (Å²) in [7, 11) is 1.94. The molecule has 1 saturated carbocycles. The van der Waals surface area contributed by atoms with Gasteiger partial charge in [-0.15, -0.1) is 0 Å². The molecule has 0 unspecified atom stereocenters. The number of nitrogens with one attached hydrogen (secondary N) is 1. The Balaban J connectivity index is 2.66. The molecule has 1 aliphatic carbocycles. The second-order valence-corrected chi connectivity index (χ2v) is 6.61. The van der Waals surface area contributed by atoms with Crippen LogP contribution in [0, 0.1) is 5.41 Å². The van der Waals surface area contributed by atoms with Gasteiger partial charge in [-0.25, -0.2) is 0 Å². The maximum Gasteiger partial charge on any atom is 0.242 e. The van der Waals surface area contributed by atoms with Crippen LogP contribution in [0.4, 0.5) is 0 Å². The Kier molecular flexibility index (Phi) is 7.69. The summed E-state index contributed by atoms with van der Waals surface area (Å²) < 4.78 is 0. The van der Waals surface area contributed by atoms with Crippen LogP contribution in [-0.2, 0) is 4.79 Å². The zero-order valence-electron chi connectivity index (χ0n) is 15.1. The Morgan fingerprint density at radius 3 is 2.27 bits per heavy atom. The zero-order valence-corrected chi connectivity index (χ0v) is 15.1. The largest absolute Gasteiger partial charge is 0.357 e. The van der Waals surface area contributed by atoms with Crippen LogP contribution in [0.3, 0.4) is 0 Å². The standard InChI is InChI=1S/C17H34N4O/c1-6-18-16(19-14-17(4)11-9-10-12-17)20(5)13-15(22)21(7-2)8-3/h6-14H2,1-5H3,(H,18,19). The van der Waals surface area contributed by atoms with Crippen molar-refractivity contribution in [3.05, 3.63) is 0 Å². The second kappa shape index (κ2) is 9.01. The second-order valence-electron chi connectivity index (χ2n) is 6.61. The molecule has 1 aliphatic rings. The first-order chi connectivity index (χ1) is 10.5. The third-order valence-corrected chi connectivity index (χ3v) is 4.61. The van der Waals surface area contributed by atoms with Gasteiger partial charge in [0.1, 0.15) is 0 Å². The summed E-state index contributed by atoms with van der Waals surface area (Å²) in [5.41, 5.74) is 0.338. The minimum absolute atomic E-state index is 0.158. The first-order valence-electron chi connectivity index (χ1n) is 8.73. The molecule has 1 rings (SSSR count). The van der Waals surface area contributed by atoms with E-state index in [1.165, 1.54) is 25.7 Å². The molecule has 22 heavy (non-hydrogen) atoms. The predicted octanol–water partition coefficient (Wildman–Crippen LogP) is 2.33. The maximum absolute atomic E-state index is 12.2. The number of amides is 1. The van der Waals surface area contributed by atoms with Crippen molar-refractivity contribution in [3.8, 4) is 0 Å².